The summed E-state index contributed by atoms with van der Waals surface area (Å²) in [5, 5.41) is 4.55. The van der Waals surface area contributed by atoms with Crippen LogP contribution in [0.25, 0.3) is 0 Å². The van der Waals surface area contributed by atoms with Crippen molar-refractivity contribution >= 4 is 23.2 Å². The summed E-state index contributed by atoms with van der Waals surface area (Å²) in [5.74, 6) is -1.54. The quantitative estimate of drug-likeness (QED) is 0.872. The Balaban J connectivity index is 1.34. The monoisotopic (exact) mass is 391 g/mol. The van der Waals surface area contributed by atoms with E-state index in [1.54, 1.807) is 15.8 Å². The maximum atomic E-state index is 13.3. The van der Waals surface area contributed by atoms with Crippen LogP contribution in [-0.4, -0.2) is 34.8 Å². The number of nitrogens with one attached hydrogen (secondary N) is 1. The van der Waals surface area contributed by atoms with Gasteiger partial charge in [0.05, 0.1) is 5.51 Å². The number of nitrogens with zero attached hydrogens (tertiary/aromatic N) is 2. The van der Waals surface area contributed by atoms with Crippen molar-refractivity contribution in [3.05, 3.63) is 52.0 Å². The lowest BCUT2D eigenvalue weighted by molar-refractivity contribution is -0.136. The zero-order chi connectivity index (χ0) is 19.0. The number of aromatic nitrogens is 1. The number of carbonyl (C=O) groups is 2. The average molecular weight is 391 g/mol. The molecule has 1 N–H and O–H groups in total. The van der Waals surface area contributed by atoms with Gasteiger partial charge >= 0.3 is 0 Å². The molecule has 4 rings (SSSR count). The number of fused-ring (bicyclic) bond motifs is 1. The molecule has 2 aromatic rings. The minimum absolute atomic E-state index is 0.0810. The maximum absolute atomic E-state index is 13.3. The van der Waals surface area contributed by atoms with Gasteiger partial charge in [0.25, 0.3) is 5.91 Å². The Labute approximate surface area is 159 Å². The molecule has 5 nitrogen and oxygen atoms in total. The first kappa shape index (κ1) is 18.0. The van der Waals surface area contributed by atoms with Gasteiger partial charge in [-0.1, -0.05) is 6.07 Å². The van der Waals surface area contributed by atoms with E-state index in [4.69, 9.17) is 0 Å². The summed E-state index contributed by atoms with van der Waals surface area (Å²) in [6.45, 7) is 1.41. The van der Waals surface area contributed by atoms with Crippen molar-refractivity contribution in [2.75, 3.05) is 13.1 Å². The molecule has 0 unspecified atom stereocenters. The second-order valence-corrected chi connectivity index (χ2v) is 7.86. The van der Waals surface area contributed by atoms with E-state index in [1.807, 2.05) is 0 Å². The van der Waals surface area contributed by atoms with Gasteiger partial charge in [-0.3, -0.25) is 9.59 Å². The summed E-state index contributed by atoms with van der Waals surface area (Å²) < 4.78 is 26.2. The second kappa shape index (κ2) is 7.34. The fraction of sp³-hybridized carbons (Fsp3) is 0.421. The van der Waals surface area contributed by atoms with E-state index in [9.17, 15) is 18.4 Å². The molecule has 1 aromatic heterocycles. The van der Waals surface area contributed by atoms with Crippen LogP contribution in [0.3, 0.4) is 0 Å². The van der Waals surface area contributed by atoms with Crippen molar-refractivity contribution in [1.29, 1.82) is 0 Å². The Kier molecular flexibility index (Phi) is 4.90. The molecular weight excluding hydrogens is 372 g/mol. The lowest BCUT2D eigenvalue weighted by atomic mass is 9.61. The van der Waals surface area contributed by atoms with Crippen molar-refractivity contribution in [2.45, 2.75) is 19.4 Å². The van der Waals surface area contributed by atoms with Gasteiger partial charge in [-0.25, -0.2) is 13.8 Å². The number of benzene rings is 1. The first-order chi connectivity index (χ1) is 13.0. The van der Waals surface area contributed by atoms with E-state index in [1.165, 1.54) is 17.4 Å². The first-order valence-electron chi connectivity index (χ1n) is 8.92. The Morgan fingerprint density at radius 3 is 2.89 bits per heavy atom. The highest BCUT2D eigenvalue weighted by atomic mass is 32.1. The molecule has 27 heavy (non-hydrogen) atoms. The van der Waals surface area contributed by atoms with Crippen LogP contribution in [0.1, 0.15) is 28.9 Å². The smallest absolute Gasteiger partial charge is 0.273 e. The third kappa shape index (κ3) is 3.58. The molecule has 0 bridgehead atoms. The summed E-state index contributed by atoms with van der Waals surface area (Å²) in [7, 11) is 0. The third-order valence-corrected chi connectivity index (χ3v) is 6.19. The van der Waals surface area contributed by atoms with E-state index in [2.05, 4.69) is 10.3 Å². The van der Waals surface area contributed by atoms with Gasteiger partial charge < -0.3 is 10.2 Å². The maximum Gasteiger partial charge on any atom is 0.273 e. The number of amides is 2. The number of likely N-dealkylation sites (tertiary alicyclic amines) is 1. The zero-order valence-corrected chi connectivity index (χ0v) is 15.3. The predicted molar refractivity (Wildman–Crippen MR) is 95.9 cm³/mol. The molecule has 1 saturated carbocycles. The molecule has 2 aliphatic rings. The van der Waals surface area contributed by atoms with Crippen LogP contribution in [0.15, 0.2) is 29.1 Å². The van der Waals surface area contributed by atoms with Gasteiger partial charge in [-0.15, -0.1) is 11.3 Å². The number of hydrogen-bond donors (Lipinski definition) is 1. The van der Waals surface area contributed by atoms with Crippen LogP contribution in [0.2, 0.25) is 0 Å². The van der Waals surface area contributed by atoms with Crippen molar-refractivity contribution in [3.63, 3.8) is 0 Å². The van der Waals surface area contributed by atoms with Gasteiger partial charge in [0.2, 0.25) is 5.91 Å². The van der Waals surface area contributed by atoms with Crippen LogP contribution >= 0.6 is 11.3 Å². The first-order valence-corrected chi connectivity index (χ1v) is 9.86. The molecule has 1 aromatic carbocycles. The van der Waals surface area contributed by atoms with Crippen LogP contribution in [0.5, 0.6) is 0 Å². The number of piperidine rings is 1. The Morgan fingerprint density at radius 2 is 2.15 bits per heavy atom. The lowest BCUT2D eigenvalue weighted by Gasteiger charge is -2.50. The molecule has 0 spiro atoms. The number of halogens is 2. The molecule has 1 aliphatic heterocycles. The topological polar surface area (TPSA) is 62.3 Å². The van der Waals surface area contributed by atoms with Gasteiger partial charge in [-0.05, 0) is 42.4 Å². The van der Waals surface area contributed by atoms with Crippen molar-refractivity contribution < 1.29 is 18.4 Å². The van der Waals surface area contributed by atoms with E-state index in [0.717, 1.165) is 25.0 Å². The molecule has 142 valence electrons. The fourth-order valence-corrected chi connectivity index (χ4v) is 4.55. The fourth-order valence-electron chi connectivity index (χ4n) is 4.02. The lowest BCUT2D eigenvalue weighted by Crippen LogP contribution is -2.56. The molecule has 1 aliphatic carbocycles. The Morgan fingerprint density at radius 1 is 1.30 bits per heavy atom. The molecular formula is C19H19F2N3O2S. The number of rotatable bonds is 4. The number of thiazole rings is 1. The van der Waals surface area contributed by atoms with Crippen LogP contribution in [0, 0.1) is 29.4 Å². The Bertz CT molecular complexity index is 859. The third-order valence-electron chi connectivity index (χ3n) is 5.61. The number of hydrogen-bond acceptors (Lipinski definition) is 4. The van der Waals surface area contributed by atoms with Gasteiger partial charge in [0.15, 0.2) is 11.6 Å². The van der Waals surface area contributed by atoms with Crippen molar-refractivity contribution in [1.82, 2.24) is 15.2 Å². The molecule has 3 atom stereocenters. The average Bonchev–Trinajstić information content (AvgIpc) is 3.18. The summed E-state index contributed by atoms with van der Waals surface area (Å²) >= 11 is 1.39. The minimum atomic E-state index is -0.922. The highest BCUT2D eigenvalue weighted by Gasteiger charge is 2.48. The standard InChI is InChI=1S/C19H19F2N3O2S/c20-15-2-1-11(5-16(15)21)7-22-18(25)13-6-12-3-4-24(8-14(12)13)19(26)17-9-27-10-23-17/h1-2,5,9-10,12-14H,3-4,6-8H2,(H,22,25)/t12-,13-,14-/m1/s1. The SMILES string of the molecule is O=C(NCc1ccc(F)c(F)c1)[C@@H]1C[C@H]2CCN(C(=O)c3cscn3)C[C@H]21. The molecule has 2 fully saturated rings. The van der Waals surface area contributed by atoms with E-state index >= 15 is 0 Å². The van der Waals surface area contributed by atoms with E-state index < -0.39 is 11.6 Å². The van der Waals surface area contributed by atoms with Crippen molar-refractivity contribution in [2.24, 2.45) is 17.8 Å². The van der Waals surface area contributed by atoms with Crippen LogP contribution < -0.4 is 5.32 Å². The minimum Gasteiger partial charge on any atom is -0.352 e. The summed E-state index contributed by atoms with van der Waals surface area (Å²) in [6.07, 6.45) is 1.71. The zero-order valence-electron chi connectivity index (χ0n) is 14.5. The van der Waals surface area contributed by atoms with Gasteiger partial charge in [0.1, 0.15) is 5.69 Å². The highest BCUT2D eigenvalue weighted by molar-refractivity contribution is 7.07. The molecule has 2 amide bonds. The van der Waals surface area contributed by atoms with Gasteiger partial charge in [-0.2, -0.15) is 0 Å². The van der Waals surface area contributed by atoms with Crippen LogP contribution in [-0.2, 0) is 11.3 Å². The Hall–Kier alpha value is -2.35. The molecule has 2 heterocycles. The van der Waals surface area contributed by atoms with Crippen LogP contribution in [0.4, 0.5) is 8.78 Å². The second-order valence-electron chi connectivity index (χ2n) is 7.15. The predicted octanol–water partition coefficient (Wildman–Crippen LogP) is 2.84. The number of carbonyl (C=O) groups excluding carboxylic acids is 2. The van der Waals surface area contributed by atoms with E-state index in [0.29, 0.717) is 30.3 Å². The van der Waals surface area contributed by atoms with E-state index in [-0.39, 0.29) is 30.2 Å². The molecule has 0 radical (unpaired) electrons. The summed E-state index contributed by atoms with van der Waals surface area (Å²) in [5.41, 5.74) is 2.61. The molecule has 1 saturated heterocycles. The summed E-state index contributed by atoms with van der Waals surface area (Å²) in [6, 6.07) is 3.60. The van der Waals surface area contributed by atoms with Gasteiger partial charge in [0, 0.05) is 30.9 Å². The van der Waals surface area contributed by atoms with Crippen molar-refractivity contribution in [3.8, 4) is 0 Å². The molecule has 8 heteroatoms. The normalized spacial score (nSPS) is 24.1. The largest absolute Gasteiger partial charge is 0.352 e. The highest BCUT2D eigenvalue weighted by Crippen LogP contribution is 2.45. The summed E-state index contributed by atoms with van der Waals surface area (Å²) in [4.78, 5) is 30.9.